The summed E-state index contributed by atoms with van der Waals surface area (Å²) in [5, 5.41) is 10.4. The summed E-state index contributed by atoms with van der Waals surface area (Å²) in [6, 6.07) is 5.11. The van der Waals surface area contributed by atoms with Gasteiger partial charge in [-0.1, -0.05) is 6.92 Å². The van der Waals surface area contributed by atoms with Gasteiger partial charge in [-0.25, -0.2) is 18.2 Å². The summed E-state index contributed by atoms with van der Waals surface area (Å²) in [5.74, 6) is -2.27. The van der Waals surface area contributed by atoms with E-state index in [1.165, 1.54) is 38.1 Å². The third-order valence-corrected chi connectivity index (χ3v) is 5.14. The molecule has 0 spiro atoms. The number of aromatic nitrogens is 1. The van der Waals surface area contributed by atoms with Crippen molar-refractivity contribution in [3.05, 3.63) is 53.0 Å². The maximum absolute atomic E-state index is 15.3. The highest BCUT2D eigenvalue weighted by Gasteiger charge is 2.46. The molecule has 1 aliphatic carbocycles. The lowest BCUT2D eigenvalue weighted by atomic mass is 9.83. The second-order valence-electron chi connectivity index (χ2n) is 7.55. The van der Waals surface area contributed by atoms with Gasteiger partial charge in [-0.05, 0) is 63.3 Å². The first-order valence-corrected chi connectivity index (χ1v) is 8.76. The van der Waals surface area contributed by atoms with Crippen molar-refractivity contribution in [3.63, 3.8) is 0 Å². The Hall–Kier alpha value is -1.92. The topological polar surface area (TPSA) is 59.1 Å². The molecule has 1 aliphatic rings. The number of benzene rings is 1. The van der Waals surface area contributed by atoms with Crippen LogP contribution < -0.4 is 5.73 Å². The summed E-state index contributed by atoms with van der Waals surface area (Å²) < 4.78 is 43.6. The van der Waals surface area contributed by atoms with Gasteiger partial charge >= 0.3 is 0 Å². The van der Waals surface area contributed by atoms with Gasteiger partial charge < -0.3 is 10.8 Å². The third-order valence-electron chi connectivity index (χ3n) is 5.14. The number of nitrogens with two attached hydrogens (primary N) is 1. The molecule has 2 aromatic rings. The first kappa shape index (κ1) is 18.9. The average molecular weight is 364 g/mol. The minimum atomic E-state index is -1.77. The van der Waals surface area contributed by atoms with Gasteiger partial charge in [-0.3, -0.25) is 0 Å². The fourth-order valence-electron chi connectivity index (χ4n) is 3.44. The highest BCUT2D eigenvalue weighted by molar-refractivity contribution is 5.62. The fraction of sp³-hybridized carbons (Fsp3) is 0.450. The van der Waals surface area contributed by atoms with E-state index in [-0.39, 0.29) is 17.3 Å². The van der Waals surface area contributed by atoms with Crippen molar-refractivity contribution in [1.29, 1.82) is 0 Å². The van der Waals surface area contributed by atoms with E-state index in [0.717, 1.165) is 12.8 Å². The quantitative estimate of drug-likeness (QED) is 0.828. The standard InChI is InChI=1S/C20H23F3N2O/c1-4-20(24,12-7-8-12)18-16(23)14(19(2,3)26)15(22)17(25-18)11-5-9-13(21)10-6-11/h5-6,9-10,12,26H,4,7-8,24H2,1-3H3. The molecule has 0 saturated heterocycles. The largest absolute Gasteiger partial charge is 0.386 e. The van der Waals surface area contributed by atoms with E-state index in [9.17, 15) is 9.50 Å². The van der Waals surface area contributed by atoms with E-state index < -0.39 is 34.2 Å². The van der Waals surface area contributed by atoms with Crippen molar-refractivity contribution in [2.45, 2.75) is 51.2 Å². The lowest BCUT2D eigenvalue weighted by molar-refractivity contribution is 0.0693. The Morgan fingerprint density at radius 2 is 1.69 bits per heavy atom. The number of halogens is 3. The SMILES string of the molecule is CCC(N)(c1nc(-c2ccc(F)cc2)c(F)c(C(C)(C)O)c1F)C1CC1. The predicted octanol–water partition coefficient (Wildman–Crippen LogP) is 4.37. The Kier molecular flexibility index (Phi) is 4.61. The van der Waals surface area contributed by atoms with Gasteiger partial charge in [0, 0.05) is 5.56 Å². The molecule has 1 aromatic heterocycles. The molecule has 3 rings (SSSR count). The van der Waals surface area contributed by atoms with Crippen molar-refractivity contribution < 1.29 is 18.3 Å². The van der Waals surface area contributed by atoms with Crippen LogP contribution in [0.4, 0.5) is 13.2 Å². The number of rotatable bonds is 5. The molecular formula is C20H23F3N2O. The van der Waals surface area contributed by atoms with Crippen LogP contribution in [-0.4, -0.2) is 10.1 Å². The Morgan fingerprint density at radius 1 is 1.12 bits per heavy atom. The van der Waals surface area contributed by atoms with E-state index in [1.54, 1.807) is 0 Å². The molecule has 140 valence electrons. The number of nitrogens with zero attached hydrogens (tertiary/aromatic N) is 1. The Bertz CT molecular complexity index is 826. The van der Waals surface area contributed by atoms with Gasteiger partial charge in [0.25, 0.3) is 0 Å². The molecule has 1 aromatic carbocycles. The van der Waals surface area contributed by atoms with E-state index in [0.29, 0.717) is 12.0 Å². The predicted molar refractivity (Wildman–Crippen MR) is 93.7 cm³/mol. The highest BCUT2D eigenvalue weighted by atomic mass is 19.1. The zero-order valence-electron chi connectivity index (χ0n) is 15.1. The summed E-state index contributed by atoms with van der Waals surface area (Å²) in [4.78, 5) is 4.24. The smallest absolute Gasteiger partial charge is 0.158 e. The van der Waals surface area contributed by atoms with E-state index in [4.69, 9.17) is 5.73 Å². The molecule has 6 heteroatoms. The lowest BCUT2D eigenvalue weighted by Gasteiger charge is -2.31. The van der Waals surface area contributed by atoms with Gasteiger partial charge in [0.05, 0.1) is 22.4 Å². The molecular weight excluding hydrogens is 341 g/mol. The Morgan fingerprint density at radius 3 is 2.15 bits per heavy atom. The monoisotopic (exact) mass is 364 g/mol. The molecule has 1 unspecified atom stereocenters. The average Bonchev–Trinajstić information content (AvgIpc) is 3.39. The fourth-order valence-corrected chi connectivity index (χ4v) is 3.44. The van der Waals surface area contributed by atoms with Crippen LogP contribution in [0, 0.1) is 23.4 Å². The number of aliphatic hydroxyl groups is 1. The molecule has 3 nitrogen and oxygen atoms in total. The molecule has 0 radical (unpaired) electrons. The molecule has 26 heavy (non-hydrogen) atoms. The number of pyridine rings is 1. The second kappa shape index (κ2) is 6.35. The zero-order chi connectivity index (χ0) is 19.3. The summed E-state index contributed by atoms with van der Waals surface area (Å²) in [5.41, 5.74) is 3.34. The van der Waals surface area contributed by atoms with Crippen LogP contribution in [0.5, 0.6) is 0 Å². The van der Waals surface area contributed by atoms with Crippen LogP contribution in [-0.2, 0) is 11.1 Å². The van der Waals surface area contributed by atoms with Crippen molar-refractivity contribution in [2.24, 2.45) is 11.7 Å². The summed E-state index contributed by atoms with van der Waals surface area (Å²) >= 11 is 0. The Labute approximate surface area is 151 Å². The molecule has 1 atom stereocenters. The third kappa shape index (κ3) is 3.12. The highest BCUT2D eigenvalue weighted by Crippen LogP contribution is 2.47. The van der Waals surface area contributed by atoms with Gasteiger partial charge in [-0.2, -0.15) is 0 Å². The van der Waals surface area contributed by atoms with E-state index >= 15 is 8.78 Å². The van der Waals surface area contributed by atoms with Crippen LogP contribution in [0.3, 0.4) is 0 Å². The number of hydrogen-bond acceptors (Lipinski definition) is 3. The Balaban J connectivity index is 2.31. The lowest BCUT2D eigenvalue weighted by Crippen LogP contribution is -2.41. The van der Waals surface area contributed by atoms with Crippen molar-refractivity contribution in [2.75, 3.05) is 0 Å². The van der Waals surface area contributed by atoms with Crippen molar-refractivity contribution in [1.82, 2.24) is 4.98 Å². The van der Waals surface area contributed by atoms with Crippen LogP contribution >= 0.6 is 0 Å². The van der Waals surface area contributed by atoms with Gasteiger partial charge in [-0.15, -0.1) is 0 Å². The van der Waals surface area contributed by atoms with Crippen LogP contribution in [0.2, 0.25) is 0 Å². The summed E-state index contributed by atoms with van der Waals surface area (Å²) in [6.45, 7) is 4.46. The first-order valence-electron chi connectivity index (χ1n) is 8.76. The normalized spacial score (nSPS) is 17.2. The molecule has 0 bridgehead atoms. The van der Waals surface area contributed by atoms with E-state index in [2.05, 4.69) is 4.98 Å². The molecule has 3 N–H and O–H groups in total. The zero-order valence-corrected chi connectivity index (χ0v) is 15.1. The van der Waals surface area contributed by atoms with E-state index in [1.807, 2.05) is 6.92 Å². The molecule has 0 amide bonds. The molecule has 1 saturated carbocycles. The van der Waals surface area contributed by atoms with Gasteiger partial charge in [0.15, 0.2) is 11.6 Å². The first-order chi connectivity index (χ1) is 12.1. The van der Waals surface area contributed by atoms with Gasteiger partial charge in [0.1, 0.15) is 11.5 Å². The number of hydrogen-bond donors (Lipinski definition) is 2. The van der Waals surface area contributed by atoms with Gasteiger partial charge in [0.2, 0.25) is 0 Å². The summed E-state index contributed by atoms with van der Waals surface area (Å²) in [6.07, 6.45) is 2.14. The maximum atomic E-state index is 15.3. The molecule has 0 aliphatic heterocycles. The van der Waals surface area contributed by atoms with Crippen LogP contribution in [0.15, 0.2) is 24.3 Å². The minimum absolute atomic E-state index is 0.0413. The van der Waals surface area contributed by atoms with Crippen molar-refractivity contribution >= 4 is 0 Å². The second-order valence-corrected chi connectivity index (χ2v) is 7.55. The van der Waals surface area contributed by atoms with Crippen LogP contribution in [0.1, 0.15) is 51.3 Å². The molecule has 1 fully saturated rings. The molecule has 1 heterocycles. The maximum Gasteiger partial charge on any atom is 0.158 e. The minimum Gasteiger partial charge on any atom is -0.386 e. The summed E-state index contributed by atoms with van der Waals surface area (Å²) in [7, 11) is 0. The van der Waals surface area contributed by atoms with Crippen molar-refractivity contribution in [3.8, 4) is 11.3 Å². The van der Waals surface area contributed by atoms with Crippen LogP contribution in [0.25, 0.3) is 11.3 Å².